The lowest BCUT2D eigenvalue weighted by Crippen LogP contribution is -2.43. The third kappa shape index (κ3) is 3.28. The van der Waals surface area contributed by atoms with E-state index in [2.05, 4.69) is 0 Å². The summed E-state index contributed by atoms with van der Waals surface area (Å²) in [5, 5.41) is 13.5. The summed E-state index contributed by atoms with van der Waals surface area (Å²) >= 11 is 2.69. The molecule has 0 saturated heterocycles. The molecule has 0 bridgehead atoms. The van der Waals surface area contributed by atoms with Crippen LogP contribution in [-0.4, -0.2) is 24.1 Å². The highest BCUT2D eigenvalue weighted by Crippen LogP contribution is 2.43. The first-order valence-electron chi connectivity index (χ1n) is 7.58. The van der Waals surface area contributed by atoms with E-state index in [1.165, 1.54) is 23.5 Å². The molecule has 1 unspecified atom stereocenters. The number of hydrogen-bond acceptors (Lipinski definition) is 4. The molecule has 1 radical (unpaired) electrons. The van der Waals surface area contributed by atoms with E-state index in [0.717, 1.165) is 0 Å². The molecule has 1 aromatic rings. The fourth-order valence-electron chi connectivity index (χ4n) is 2.81. The molecule has 0 heterocycles. The van der Waals surface area contributed by atoms with Gasteiger partial charge in [-0.2, -0.15) is 0 Å². The first-order chi connectivity index (χ1) is 10.9. The van der Waals surface area contributed by atoms with Crippen LogP contribution in [-0.2, 0) is 15.5 Å². The van der Waals surface area contributed by atoms with E-state index in [1.807, 2.05) is 26.4 Å². The third-order valence-corrected chi connectivity index (χ3v) is 6.23. The van der Waals surface area contributed by atoms with Crippen molar-refractivity contribution in [1.29, 1.82) is 0 Å². The van der Waals surface area contributed by atoms with E-state index in [0.29, 0.717) is 27.7 Å². The Labute approximate surface area is 145 Å². The lowest BCUT2D eigenvalue weighted by Gasteiger charge is -2.32. The van der Waals surface area contributed by atoms with Crippen LogP contribution in [0.25, 0.3) is 0 Å². The molecule has 0 aromatic heterocycles. The molecule has 1 aliphatic carbocycles. The Balaban J connectivity index is 2.66. The maximum atomic E-state index is 13.5. The van der Waals surface area contributed by atoms with Gasteiger partial charge >= 0.3 is 0 Å². The molecule has 0 spiro atoms. The Hall–Kier alpha value is -1.04. The van der Waals surface area contributed by atoms with Crippen molar-refractivity contribution in [2.75, 3.05) is 12.5 Å². The zero-order chi connectivity index (χ0) is 17.2. The second-order valence-electron chi connectivity index (χ2n) is 6.03. The van der Waals surface area contributed by atoms with Crippen molar-refractivity contribution in [3.8, 4) is 0 Å². The van der Waals surface area contributed by atoms with Gasteiger partial charge in [-0.05, 0) is 31.3 Å². The molecular formula is C18H21O3S2. The zero-order valence-corrected chi connectivity index (χ0v) is 15.5. The van der Waals surface area contributed by atoms with Gasteiger partial charge in [0.1, 0.15) is 0 Å². The normalized spacial score (nSPS) is 20.9. The first-order valence-corrected chi connectivity index (χ1v) is 10.0. The van der Waals surface area contributed by atoms with Gasteiger partial charge in [0.05, 0.1) is 9.81 Å². The van der Waals surface area contributed by atoms with Crippen LogP contribution in [0.15, 0.2) is 34.1 Å². The van der Waals surface area contributed by atoms with Crippen LogP contribution < -0.4 is 0 Å². The van der Waals surface area contributed by atoms with Gasteiger partial charge in [0.2, 0.25) is 5.78 Å². The van der Waals surface area contributed by atoms with Gasteiger partial charge in [-0.25, -0.2) is 5.11 Å². The quantitative estimate of drug-likeness (QED) is 0.582. The summed E-state index contributed by atoms with van der Waals surface area (Å²) in [6.45, 7) is 4.05. The molecule has 0 fully saturated rings. The van der Waals surface area contributed by atoms with Crippen molar-refractivity contribution in [2.45, 2.75) is 32.3 Å². The molecule has 2 rings (SSSR count). The van der Waals surface area contributed by atoms with Crippen molar-refractivity contribution in [1.82, 2.24) is 0 Å². The Kier molecular flexibility index (Phi) is 5.76. The number of thioether (sulfide) groups is 2. The van der Waals surface area contributed by atoms with Crippen molar-refractivity contribution in [2.24, 2.45) is 5.92 Å². The summed E-state index contributed by atoms with van der Waals surface area (Å²) in [6, 6.07) is 6.75. The minimum atomic E-state index is -1.86. The average molecular weight is 349 g/mol. The van der Waals surface area contributed by atoms with Crippen LogP contribution in [0.2, 0.25) is 0 Å². The number of hydrogen-bond donors (Lipinski definition) is 0. The molecule has 23 heavy (non-hydrogen) atoms. The van der Waals surface area contributed by atoms with Crippen molar-refractivity contribution in [3.05, 3.63) is 45.2 Å². The minimum absolute atomic E-state index is 0.0717. The SMILES string of the molecule is CSC(SC)=C1C(=O)c2ccccc2C([O])(CCC(C)C)C1=O. The van der Waals surface area contributed by atoms with Gasteiger partial charge in [-0.3, -0.25) is 9.59 Å². The summed E-state index contributed by atoms with van der Waals surface area (Å²) in [6.07, 6.45) is 4.51. The summed E-state index contributed by atoms with van der Waals surface area (Å²) < 4.78 is 0.624. The first kappa shape index (κ1) is 18.3. The summed E-state index contributed by atoms with van der Waals surface area (Å²) in [4.78, 5) is 25.7. The van der Waals surface area contributed by atoms with Crippen molar-refractivity contribution >= 4 is 35.1 Å². The van der Waals surface area contributed by atoms with Gasteiger partial charge in [0, 0.05) is 11.1 Å². The Morgan fingerprint density at radius 3 is 2.30 bits per heavy atom. The average Bonchev–Trinajstić information content (AvgIpc) is 2.55. The molecule has 1 aromatic carbocycles. The highest BCUT2D eigenvalue weighted by Gasteiger charge is 2.50. The molecule has 0 N–H and O–H groups in total. The highest BCUT2D eigenvalue weighted by molar-refractivity contribution is 8.21. The van der Waals surface area contributed by atoms with Crippen LogP contribution in [0.1, 0.15) is 42.6 Å². The fourth-order valence-corrected chi connectivity index (χ4v) is 4.25. The summed E-state index contributed by atoms with van der Waals surface area (Å²) in [5.41, 5.74) is -1.08. The summed E-state index contributed by atoms with van der Waals surface area (Å²) in [5.74, 6) is -0.563. The fraction of sp³-hybridized carbons (Fsp3) is 0.444. The van der Waals surface area contributed by atoms with E-state index in [1.54, 1.807) is 24.3 Å². The summed E-state index contributed by atoms with van der Waals surface area (Å²) in [7, 11) is 0. The van der Waals surface area contributed by atoms with Gasteiger partial charge in [0.25, 0.3) is 0 Å². The Morgan fingerprint density at radius 2 is 1.74 bits per heavy atom. The van der Waals surface area contributed by atoms with Crippen LogP contribution in [0.3, 0.4) is 0 Å². The second kappa shape index (κ2) is 7.24. The molecule has 0 saturated carbocycles. The van der Waals surface area contributed by atoms with Gasteiger partial charge < -0.3 is 0 Å². The number of fused-ring (bicyclic) bond motifs is 1. The molecule has 1 atom stereocenters. The van der Waals surface area contributed by atoms with Gasteiger partial charge in [-0.15, -0.1) is 23.5 Å². The van der Waals surface area contributed by atoms with Crippen LogP contribution in [0, 0.1) is 5.92 Å². The van der Waals surface area contributed by atoms with E-state index in [-0.39, 0.29) is 17.8 Å². The predicted molar refractivity (Wildman–Crippen MR) is 96.3 cm³/mol. The van der Waals surface area contributed by atoms with Gasteiger partial charge in [-0.1, -0.05) is 38.1 Å². The predicted octanol–water partition coefficient (Wildman–Crippen LogP) is 4.45. The third-order valence-electron chi connectivity index (χ3n) is 4.08. The van der Waals surface area contributed by atoms with E-state index in [9.17, 15) is 14.7 Å². The molecule has 1 aliphatic rings. The van der Waals surface area contributed by atoms with Crippen LogP contribution in [0.4, 0.5) is 0 Å². The molecule has 0 amide bonds. The monoisotopic (exact) mass is 349 g/mol. The number of rotatable bonds is 5. The lowest BCUT2D eigenvalue weighted by molar-refractivity contribution is -0.144. The minimum Gasteiger partial charge on any atom is -0.290 e. The lowest BCUT2D eigenvalue weighted by atomic mass is 9.72. The number of carbonyl (C=O) groups is 2. The molecule has 0 aliphatic heterocycles. The van der Waals surface area contributed by atoms with Gasteiger partial charge in [0.15, 0.2) is 11.4 Å². The Bertz CT molecular complexity index is 658. The molecule has 5 heteroatoms. The number of Topliss-reactive ketones (excluding diaryl/α,β-unsaturated/α-hetero) is 2. The molecule has 123 valence electrons. The zero-order valence-electron chi connectivity index (χ0n) is 13.8. The molecular weight excluding hydrogens is 328 g/mol. The second-order valence-corrected chi connectivity index (χ2v) is 7.93. The van der Waals surface area contributed by atoms with Crippen LogP contribution in [0.5, 0.6) is 0 Å². The number of ketones is 2. The molecule has 3 nitrogen and oxygen atoms in total. The van der Waals surface area contributed by atoms with E-state index >= 15 is 0 Å². The van der Waals surface area contributed by atoms with E-state index < -0.39 is 11.4 Å². The van der Waals surface area contributed by atoms with E-state index in [4.69, 9.17) is 0 Å². The van der Waals surface area contributed by atoms with Crippen molar-refractivity contribution < 1.29 is 14.7 Å². The number of benzene rings is 1. The maximum absolute atomic E-state index is 13.5. The highest BCUT2D eigenvalue weighted by atomic mass is 32.2. The standard InChI is InChI=1S/C18H21O3S2/c1-11(2)9-10-18(21)13-8-6-5-7-12(13)15(19)14(16(18)20)17(22-3)23-4/h5-8,11H,9-10H2,1-4H3. The van der Waals surface area contributed by atoms with Crippen molar-refractivity contribution in [3.63, 3.8) is 0 Å². The topological polar surface area (TPSA) is 54.0 Å². The maximum Gasteiger partial charge on any atom is 0.208 e. The smallest absolute Gasteiger partial charge is 0.208 e. The van der Waals surface area contributed by atoms with Crippen LogP contribution >= 0.6 is 23.5 Å². The largest absolute Gasteiger partial charge is 0.290 e. The number of carbonyl (C=O) groups excluding carboxylic acids is 2. The Morgan fingerprint density at radius 1 is 1.13 bits per heavy atom.